The van der Waals surface area contributed by atoms with Crippen molar-refractivity contribution in [1.29, 1.82) is 0 Å². The van der Waals surface area contributed by atoms with Crippen LogP contribution in [-0.2, 0) is 21.1 Å². The summed E-state index contributed by atoms with van der Waals surface area (Å²) in [6, 6.07) is 0.381. The van der Waals surface area contributed by atoms with Crippen LogP contribution in [0.4, 0.5) is 0 Å². The fraction of sp³-hybridized carbons (Fsp3) is 0.750. The minimum atomic E-state index is 0. The van der Waals surface area contributed by atoms with E-state index in [-0.39, 0.29) is 21.1 Å². The van der Waals surface area contributed by atoms with Crippen molar-refractivity contribution in [3.05, 3.63) is 11.9 Å². The van der Waals surface area contributed by atoms with Gasteiger partial charge in [-0.25, -0.2) is 0 Å². The molecule has 0 amide bonds. The van der Waals surface area contributed by atoms with Gasteiger partial charge in [0.15, 0.2) is 0 Å². The van der Waals surface area contributed by atoms with Crippen LogP contribution in [0.25, 0.3) is 0 Å². The van der Waals surface area contributed by atoms with Gasteiger partial charge in [-0.3, -0.25) is 4.68 Å². The van der Waals surface area contributed by atoms with Gasteiger partial charge in [-0.2, -0.15) is 0 Å². The van der Waals surface area contributed by atoms with Crippen LogP contribution in [0.5, 0.6) is 0 Å². The Hall–Kier alpha value is -0.172. The van der Waals surface area contributed by atoms with Crippen molar-refractivity contribution in [1.82, 2.24) is 15.0 Å². The molecule has 1 heterocycles. The van der Waals surface area contributed by atoms with E-state index in [2.05, 4.69) is 44.2 Å². The summed E-state index contributed by atoms with van der Waals surface area (Å²) in [6.07, 6.45) is 2.89. The summed E-state index contributed by atoms with van der Waals surface area (Å²) in [5.74, 6) is 0.451. The maximum atomic E-state index is 3.95. The van der Waals surface area contributed by atoms with E-state index in [1.54, 1.807) is 0 Å². The molecule has 1 rings (SSSR count). The van der Waals surface area contributed by atoms with E-state index < -0.39 is 0 Å². The smallest absolute Gasteiger partial charge is 0.351 e. The Bertz CT molecular complexity index is 207. The molecule has 0 aliphatic heterocycles. The third kappa shape index (κ3) is 2.41. The third-order valence-corrected chi connectivity index (χ3v) is 1.59. The van der Waals surface area contributed by atoms with Crippen molar-refractivity contribution < 1.29 is 21.1 Å². The molecule has 1 aromatic heterocycles. The molecule has 0 saturated carbocycles. The first-order valence-electron chi connectivity index (χ1n) is 3.95. The largest absolute Gasteiger partial charge is 2.00 e. The van der Waals surface area contributed by atoms with Crippen LogP contribution in [0.2, 0.25) is 0 Å². The molecule has 0 aliphatic rings. The monoisotopic (exact) mass is 336 g/mol. The van der Waals surface area contributed by atoms with Crippen LogP contribution in [-0.4, -0.2) is 15.0 Å². The van der Waals surface area contributed by atoms with Gasteiger partial charge in [-0.15, -0.1) is 10.9 Å². The maximum Gasteiger partial charge on any atom is 2.00 e. The molecule has 0 bridgehead atoms. The van der Waals surface area contributed by atoms with Gasteiger partial charge < -0.3 is 11.3 Å². The van der Waals surface area contributed by atoms with Gasteiger partial charge in [0.25, 0.3) is 0 Å². The average molecular weight is 336 g/mol. The van der Waals surface area contributed by atoms with E-state index in [1.807, 2.05) is 4.68 Å². The average Bonchev–Trinajstić information content (AvgIpc) is 2.32. The van der Waals surface area contributed by atoms with Crippen molar-refractivity contribution >= 4 is 0 Å². The van der Waals surface area contributed by atoms with Crippen LogP contribution in [0, 0.1) is 6.20 Å². The van der Waals surface area contributed by atoms with E-state index >= 15 is 0 Å². The first-order valence-corrected chi connectivity index (χ1v) is 3.95. The Balaban J connectivity index is 0.00000121. The minimum absolute atomic E-state index is 0. The van der Waals surface area contributed by atoms with Gasteiger partial charge in [-0.1, -0.05) is 13.8 Å². The minimum Gasteiger partial charge on any atom is -0.351 e. The molecule has 0 aliphatic carbocycles. The second-order valence-corrected chi connectivity index (χ2v) is 3.28. The molecule has 12 heavy (non-hydrogen) atoms. The van der Waals surface area contributed by atoms with Crippen LogP contribution in [0.15, 0.2) is 0 Å². The third-order valence-electron chi connectivity index (χ3n) is 1.59. The summed E-state index contributed by atoms with van der Waals surface area (Å²) in [4.78, 5) is 0. The summed E-state index contributed by atoms with van der Waals surface area (Å²) in [6.45, 7) is 8.42. The van der Waals surface area contributed by atoms with Crippen molar-refractivity contribution in [2.75, 3.05) is 0 Å². The quantitative estimate of drug-likeness (QED) is 0.771. The van der Waals surface area contributed by atoms with Crippen LogP contribution in [0.1, 0.15) is 45.3 Å². The number of hydrogen-bond donors (Lipinski definition) is 0. The first-order chi connectivity index (χ1) is 5.13. The zero-order valence-corrected chi connectivity index (χ0v) is 10.8. The van der Waals surface area contributed by atoms with Crippen LogP contribution >= 0.6 is 0 Å². The predicted octanol–water partition coefficient (Wildman–Crippen LogP) is 1.78. The molecule has 3 nitrogen and oxygen atoms in total. The summed E-state index contributed by atoms with van der Waals surface area (Å²) in [5.41, 5.74) is 1.08. The molecule has 0 saturated heterocycles. The topological polar surface area (TPSA) is 30.7 Å². The van der Waals surface area contributed by atoms with Crippen molar-refractivity contribution in [2.24, 2.45) is 0 Å². The van der Waals surface area contributed by atoms with Crippen LogP contribution < -0.4 is 0 Å². The van der Waals surface area contributed by atoms with E-state index in [9.17, 15) is 0 Å². The van der Waals surface area contributed by atoms with E-state index in [0.29, 0.717) is 12.0 Å². The standard InChI is InChI=1S/C8H14N3.W/c1-6(2)8-5-9-10-11(8)7(3)4;/h6-7H,1-4H3;/q-1;+2. The molecule has 0 aromatic carbocycles. The van der Waals surface area contributed by atoms with Gasteiger partial charge in [0.1, 0.15) is 0 Å². The molecule has 0 unspecified atom stereocenters. The normalized spacial score (nSPS) is 10.5. The Morgan fingerprint density at radius 1 is 1.25 bits per heavy atom. The van der Waals surface area contributed by atoms with Crippen molar-refractivity contribution in [3.63, 3.8) is 0 Å². The second kappa shape index (κ2) is 4.76. The van der Waals surface area contributed by atoms with Gasteiger partial charge in [0, 0.05) is 6.04 Å². The molecule has 4 heteroatoms. The summed E-state index contributed by atoms with van der Waals surface area (Å²) >= 11 is 0. The number of aromatic nitrogens is 3. The van der Waals surface area contributed by atoms with Gasteiger partial charge in [-0.05, 0) is 19.8 Å². The molecular formula is C8H14N3W+. The van der Waals surface area contributed by atoms with Crippen molar-refractivity contribution in [3.8, 4) is 0 Å². The fourth-order valence-electron chi connectivity index (χ4n) is 0.996. The SMILES string of the molecule is CC(C)c1[c-]nnn1C(C)C.[W+2]. The van der Waals surface area contributed by atoms with Gasteiger partial charge >= 0.3 is 21.1 Å². The number of rotatable bonds is 2. The Labute approximate surface area is 87.8 Å². The molecule has 0 atom stereocenters. The molecular weight excluding hydrogens is 322 g/mol. The number of hydrogen-bond acceptors (Lipinski definition) is 2. The van der Waals surface area contributed by atoms with E-state index in [0.717, 1.165) is 5.69 Å². The second-order valence-electron chi connectivity index (χ2n) is 3.28. The summed E-state index contributed by atoms with van der Waals surface area (Å²) < 4.78 is 1.91. The van der Waals surface area contributed by atoms with E-state index in [4.69, 9.17) is 0 Å². The van der Waals surface area contributed by atoms with E-state index in [1.165, 1.54) is 0 Å². The van der Waals surface area contributed by atoms with Gasteiger partial charge in [0.2, 0.25) is 0 Å². The molecule has 1 aromatic rings. The zero-order chi connectivity index (χ0) is 8.43. The predicted molar refractivity (Wildman–Crippen MR) is 43.3 cm³/mol. The molecule has 0 N–H and O–H groups in total. The Kier molecular flexibility index (Phi) is 4.69. The first kappa shape index (κ1) is 11.8. The molecule has 0 fully saturated rings. The molecule has 0 radical (unpaired) electrons. The number of nitrogens with zero attached hydrogens (tertiary/aromatic N) is 3. The fourth-order valence-corrected chi connectivity index (χ4v) is 0.996. The Morgan fingerprint density at radius 2 is 1.83 bits per heavy atom. The summed E-state index contributed by atoms with van der Waals surface area (Å²) in [5, 5.41) is 7.70. The van der Waals surface area contributed by atoms with Crippen molar-refractivity contribution in [2.45, 2.75) is 39.7 Å². The summed E-state index contributed by atoms with van der Waals surface area (Å²) in [7, 11) is 0. The van der Waals surface area contributed by atoms with Gasteiger partial charge in [0.05, 0.1) is 0 Å². The molecule has 0 spiro atoms. The van der Waals surface area contributed by atoms with Crippen LogP contribution in [0.3, 0.4) is 0 Å². The maximum absolute atomic E-state index is 3.95. The Morgan fingerprint density at radius 3 is 2.17 bits per heavy atom. The molecule has 66 valence electrons. The zero-order valence-electron chi connectivity index (χ0n) is 7.90.